The average Bonchev–Trinajstić information content (AvgIpc) is 3.32. The first kappa shape index (κ1) is 65.6. The van der Waals surface area contributed by atoms with Gasteiger partial charge in [0.2, 0.25) is 0 Å². The molecule has 69 heavy (non-hydrogen) atoms. The van der Waals surface area contributed by atoms with Crippen molar-refractivity contribution < 1.29 is 62.0 Å². The molecule has 0 spiro atoms. The van der Waals surface area contributed by atoms with E-state index in [-0.39, 0.29) is 94.1 Å². The van der Waals surface area contributed by atoms with Crippen molar-refractivity contribution in [3.63, 3.8) is 0 Å². The number of hydrogen-bond donors (Lipinski definition) is 0. The van der Waals surface area contributed by atoms with Crippen molar-refractivity contribution in [3.05, 3.63) is 0 Å². The summed E-state index contributed by atoms with van der Waals surface area (Å²) in [4.78, 5) is 94.9. The highest BCUT2D eigenvalue weighted by molar-refractivity contribution is 8.13. The van der Waals surface area contributed by atoms with Gasteiger partial charge in [0.25, 0.3) is 5.24 Å². The first-order chi connectivity index (χ1) is 33.0. The van der Waals surface area contributed by atoms with Crippen LogP contribution < -0.4 is 0 Å². The van der Waals surface area contributed by atoms with E-state index in [4.69, 9.17) is 28.4 Å². The number of carbonyl (C=O) groups excluding carboxylic acids is 7. The van der Waals surface area contributed by atoms with Crippen molar-refractivity contribution in [1.82, 2.24) is 9.80 Å². The third-order valence-electron chi connectivity index (χ3n) is 11.9. The van der Waals surface area contributed by atoms with Gasteiger partial charge in [-0.1, -0.05) is 151 Å². The lowest BCUT2D eigenvalue weighted by Crippen LogP contribution is -2.34. The van der Waals surface area contributed by atoms with Gasteiger partial charge in [-0.15, -0.1) is 0 Å². The molecule has 0 aliphatic carbocycles. The standard InChI is InChI=1S/C53H96N2O13S/c1-11-15-19-22-29-43(7)51(60)65-39-45(37-63-49(58)41(5)27-18-14-4)67-47(56)31-24-34-55(53(62)69-36-26-33-54(9)10)35-25-32-48(57)68-46(38-64-50(59)42(6)28-21-17-13-3)40-66-52(61)44(8)30-23-20-16-12-2/h41-46H,11-40H2,1-10H3. The Balaban J connectivity index is 5.75. The third kappa shape index (κ3) is 35.4. The first-order valence-electron chi connectivity index (χ1n) is 26.6. The summed E-state index contributed by atoms with van der Waals surface area (Å²) in [5, 5.41) is -0.193. The number of amides is 1. The molecule has 0 heterocycles. The van der Waals surface area contributed by atoms with E-state index in [2.05, 4.69) is 20.8 Å². The van der Waals surface area contributed by atoms with Crippen LogP contribution in [-0.2, 0) is 57.2 Å². The second kappa shape index (κ2) is 42.3. The molecule has 0 aromatic carbocycles. The molecule has 402 valence electrons. The summed E-state index contributed by atoms with van der Waals surface area (Å²) in [6.07, 6.45) is 14.8. The van der Waals surface area contributed by atoms with E-state index in [0.29, 0.717) is 31.4 Å². The lowest BCUT2D eigenvalue weighted by molar-refractivity contribution is -0.169. The van der Waals surface area contributed by atoms with Gasteiger partial charge in [0.1, 0.15) is 26.4 Å². The summed E-state index contributed by atoms with van der Waals surface area (Å²) in [7, 11) is 3.92. The highest BCUT2D eigenvalue weighted by Crippen LogP contribution is 2.18. The van der Waals surface area contributed by atoms with Crippen LogP contribution in [0.25, 0.3) is 0 Å². The van der Waals surface area contributed by atoms with Crippen molar-refractivity contribution in [2.24, 2.45) is 23.7 Å². The van der Waals surface area contributed by atoms with Crippen LogP contribution in [0.15, 0.2) is 0 Å². The van der Waals surface area contributed by atoms with E-state index in [9.17, 15) is 33.6 Å². The Bertz CT molecular complexity index is 1420. The van der Waals surface area contributed by atoms with E-state index in [1.807, 2.05) is 39.8 Å². The fourth-order valence-electron chi connectivity index (χ4n) is 7.18. The quantitative estimate of drug-likeness (QED) is 0.0319. The topological polar surface area (TPSA) is 181 Å². The number of hydrogen-bond acceptors (Lipinski definition) is 15. The van der Waals surface area contributed by atoms with Crippen LogP contribution in [0.4, 0.5) is 4.79 Å². The minimum atomic E-state index is -1.00. The van der Waals surface area contributed by atoms with Crippen LogP contribution in [0.1, 0.15) is 197 Å². The Hall–Kier alpha value is -3.40. The van der Waals surface area contributed by atoms with Gasteiger partial charge in [-0.25, -0.2) is 0 Å². The van der Waals surface area contributed by atoms with Crippen LogP contribution in [0.5, 0.6) is 0 Å². The number of thioether (sulfide) groups is 1. The lowest BCUT2D eigenvalue weighted by Gasteiger charge is -2.23. The molecule has 0 aliphatic rings. The summed E-state index contributed by atoms with van der Waals surface area (Å²) in [6, 6.07) is 0. The zero-order valence-electron chi connectivity index (χ0n) is 44.8. The summed E-state index contributed by atoms with van der Waals surface area (Å²) in [6.45, 7) is 15.8. The van der Waals surface area contributed by atoms with E-state index in [0.717, 1.165) is 96.4 Å². The highest BCUT2D eigenvalue weighted by atomic mass is 32.2. The molecule has 1 amide bonds. The maximum absolute atomic E-state index is 13.5. The third-order valence-corrected chi connectivity index (χ3v) is 12.9. The Morgan fingerprint density at radius 1 is 0.420 bits per heavy atom. The van der Waals surface area contributed by atoms with Crippen LogP contribution in [0.3, 0.4) is 0 Å². The molecular formula is C53H96N2O13S. The van der Waals surface area contributed by atoms with Gasteiger partial charge < -0.3 is 38.2 Å². The van der Waals surface area contributed by atoms with E-state index in [1.54, 1.807) is 18.7 Å². The Morgan fingerprint density at radius 3 is 1.10 bits per heavy atom. The maximum Gasteiger partial charge on any atom is 0.308 e. The first-order valence-corrected chi connectivity index (χ1v) is 27.6. The smallest absolute Gasteiger partial charge is 0.308 e. The second-order valence-electron chi connectivity index (χ2n) is 19.2. The Morgan fingerprint density at radius 2 is 0.754 bits per heavy atom. The van der Waals surface area contributed by atoms with E-state index < -0.39 is 48.0 Å². The van der Waals surface area contributed by atoms with Gasteiger partial charge in [0, 0.05) is 31.7 Å². The number of carbonyl (C=O) groups is 7. The molecule has 0 aliphatic heterocycles. The van der Waals surface area contributed by atoms with Crippen molar-refractivity contribution in [2.75, 3.05) is 65.9 Å². The maximum atomic E-state index is 13.5. The van der Waals surface area contributed by atoms with Gasteiger partial charge in [0.05, 0.1) is 23.7 Å². The van der Waals surface area contributed by atoms with Crippen molar-refractivity contribution in [3.8, 4) is 0 Å². The van der Waals surface area contributed by atoms with Crippen molar-refractivity contribution >= 4 is 52.8 Å². The van der Waals surface area contributed by atoms with Gasteiger partial charge in [-0.05, 0) is 65.6 Å². The molecule has 0 saturated heterocycles. The molecule has 6 unspecified atom stereocenters. The molecule has 0 radical (unpaired) electrons. The number of ether oxygens (including phenoxy) is 6. The van der Waals surface area contributed by atoms with Gasteiger partial charge in [-0.3, -0.25) is 33.6 Å². The highest BCUT2D eigenvalue weighted by Gasteiger charge is 2.26. The van der Waals surface area contributed by atoms with Gasteiger partial charge >= 0.3 is 35.8 Å². The number of unbranched alkanes of at least 4 members (excludes halogenated alkanes) is 9. The zero-order valence-corrected chi connectivity index (χ0v) is 45.6. The zero-order chi connectivity index (χ0) is 51.8. The predicted molar refractivity (Wildman–Crippen MR) is 273 cm³/mol. The summed E-state index contributed by atoms with van der Waals surface area (Å²) in [5.74, 6) is -3.55. The van der Waals surface area contributed by atoms with Crippen molar-refractivity contribution in [2.45, 2.75) is 209 Å². The molecule has 0 aromatic heterocycles. The van der Waals surface area contributed by atoms with Gasteiger partial charge in [-0.2, -0.15) is 0 Å². The van der Waals surface area contributed by atoms with Crippen molar-refractivity contribution in [1.29, 1.82) is 0 Å². The van der Waals surface area contributed by atoms with Gasteiger partial charge in [0.15, 0.2) is 12.2 Å². The molecule has 16 heteroatoms. The van der Waals surface area contributed by atoms with Crippen LogP contribution in [0.2, 0.25) is 0 Å². The molecule has 15 nitrogen and oxygen atoms in total. The van der Waals surface area contributed by atoms with Crippen LogP contribution >= 0.6 is 11.8 Å². The Kier molecular flexibility index (Phi) is 40.2. The van der Waals surface area contributed by atoms with E-state index >= 15 is 0 Å². The number of rotatable bonds is 43. The molecular weight excluding hydrogens is 905 g/mol. The van der Waals surface area contributed by atoms with Crippen LogP contribution in [-0.4, -0.2) is 129 Å². The molecule has 0 fully saturated rings. The number of nitrogens with zero attached hydrogens (tertiary/aromatic N) is 2. The molecule has 6 atom stereocenters. The fourth-order valence-corrected chi connectivity index (χ4v) is 8.00. The lowest BCUT2D eigenvalue weighted by atomic mass is 10.0. The summed E-state index contributed by atoms with van der Waals surface area (Å²) in [5.41, 5.74) is 0. The Labute approximate surface area is 421 Å². The summed E-state index contributed by atoms with van der Waals surface area (Å²) >= 11 is 1.17. The monoisotopic (exact) mass is 1000 g/mol. The second-order valence-corrected chi connectivity index (χ2v) is 20.2. The predicted octanol–water partition coefficient (Wildman–Crippen LogP) is 10.9. The van der Waals surface area contributed by atoms with E-state index in [1.165, 1.54) is 11.8 Å². The largest absolute Gasteiger partial charge is 0.461 e. The normalized spacial score (nSPS) is 13.9. The minimum absolute atomic E-state index is 0.0652. The van der Waals surface area contributed by atoms with Crippen LogP contribution in [0, 0.1) is 23.7 Å². The molecule has 0 saturated carbocycles. The number of esters is 6. The SMILES string of the molecule is CCCCCCC(C)C(=O)OCC(COC(=O)C(C)CCCC)OC(=O)CCCN(CCCC(=O)OC(COC(=O)C(C)CCCCC)COC(=O)C(C)CCCCCC)C(=O)SCCCN(C)C. The minimum Gasteiger partial charge on any atom is -0.461 e. The molecule has 0 N–H and O–H groups in total. The molecule has 0 aromatic rings. The summed E-state index contributed by atoms with van der Waals surface area (Å²) < 4.78 is 33.6. The molecule has 0 rings (SSSR count). The molecule has 0 bridgehead atoms. The fraction of sp³-hybridized carbons (Fsp3) is 0.868. The average molecular weight is 1000 g/mol.